The number of nitrogens with one attached hydrogen (secondary N) is 1. The first-order valence-corrected chi connectivity index (χ1v) is 7.09. The zero-order chi connectivity index (χ0) is 16.4. The van der Waals surface area contributed by atoms with E-state index in [0.717, 1.165) is 5.69 Å². The number of anilines is 1. The van der Waals surface area contributed by atoms with E-state index in [1.807, 2.05) is 13.8 Å². The maximum Gasteiger partial charge on any atom is 0.255 e. The minimum atomic E-state index is -0.461. The Bertz CT molecular complexity index is 840. The highest BCUT2D eigenvalue weighted by Gasteiger charge is 2.19. The average Bonchev–Trinajstić information content (AvgIpc) is 3.16. The van der Waals surface area contributed by atoms with Crippen molar-refractivity contribution in [2.45, 2.75) is 20.4 Å². The topological polar surface area (TPSA) is 77.6 Å². The fourth-order valence-electron chi connectivity index (χ4n) is 2.29. The predicted molar refractivity (Wildman–Crippen MR) is 81.9 cm³/mol. The molecule has 0 unspecified atom stereocenters. The summed E-state index contributed by atoms with van der Waals surface area (Å²) in [5.74, 6) is -0.352. The standard InChI is InChI=1S/C15H15FN6O/c1-3-22-10(2)13(14(20-22)21-8-17-18-9-21)19-15(23)11-5-4-6-12(16)7-11/h4-9H,3H2,1-2H3,(H,19,23). The highest BCUT2D eigenvalue weighted by molar-refractivity contribution is 6.05. The molecule has 2 aromatic heterocycles. The summed E-state index contributed by atoms with van der Waals surface area (Å²) in [6.07, 6.45) is 3.00. The van der Waals surface area contributed by atoms with Gasteiger partial charge in [-0.15, -0.1) is 10.2 Å². The number of benzene rings is 1. The van der Waals surface area contributed by atoms with Gasteiger partial charge in [-0.05, 0) is 32.0 Å². The van der Waals surface area contributed by atoms with Crippen molar-refractivity contribution in [3.63, 3.8) is 0 Å². The van der Waals surface area contributed by atoms with E-state index in [-0.39, 0.29) is 5.56 Å². The Labute approximate surface area is 131 Å². The molecule has 0 aliphatic heterocycles. The van der Waals surface area contributed by atoms with E-state index in [2.05, 4.69) is 20.6 Å². The fourth-order valence-corrected chi connectivity index (χ4v) is 2.29. The molecule has 3 aromatic rings. The maximum atomic E-state index is 13.3. The molecular weight excluding hydrogens is 299 g/mol. The van der Waals surface area contributed by atoms with Crippen molar-refractivity contribution < 1.29 is 9.18 Å². The quantitative estimate of drug-likeness (QED) is 0.800. The third-order valence-corrected chi connectivity index (χ3v) is 3.48. The SMILES string of the molecule is CCn1nc(-n2cnnc2)c(NC(=O)c2cccc(F)c2)c1C. The smallest absolute Gasteiger partial charge is 0.255 e. The van der Waals surface area contributed by atoms with Crippen molar-refractivity contribution in [2.75, 3.05) is 5.32 Å². The Morgan fingerprint density at radius 1 is 1.30 bits per heavy atom. The zero-order valence-electron chi connectivity index (χ0n) is 12.7. The molecule has 0 atom stereocenters. The molecule has 7 nitrogen and oxygen atoms in total. The summed E-state index contributed by atoms with van der Waals surface area (Å²) in [4.78, 5) is 12.4. The van der Waals surface area contributed by atoms with E-state index in [0.29, 0.717) is 18.1 Å². The Kier molecular flexibility index (Phi) is 3.88. The van der Waals surface area contributed by atoms with Crippen LogP contribution in [0.25, 0.3) is 5.82 Å². The molecule has 2 heterocycles. The number of carbonyl (C=O) groups excluding carboxylic acids is 1. The van der Waals surface area contributed by atoms with E-state index < -0.39 is 11.7 Å². The summed E-state index contributed by atoms with van der Waals surface area (Å²) >= 11 is 0. The van der Waals surface area contributed by atoms with Crippen molar-refractivity contribution in [2.24, 2.45) is 0 Å². The number of aromatic nitrogens is 5. The average molecular weight is 314 g/mol. The van der Waals surface area contributed by atoms with Crippen LogP contribution in [-0.4, -0.2) is 30.5 Å². The molecule has 8 heteroatoms. The van der Waals surface area contributed by atoms with Crippen LogP contribution in [0, 0.1) is 12.7 Å². The van der Waals surface area contributed by atoms with Gasteiger partial charge in [0.25, 0.3) is 5.91 Å². The van der Waals surface area contributed by atoms with Gasteiger partial charge in [0.2, 0.25) is 0 Å². The molecule has 0 fully saturated rings. The van der Waals surface area contributed by atoms with E-state index in [4.69, 9.17) is 0 Å². The molecule has 1 amide bonds. The number of rotatable bonds is 4. The molecule has 0 spiro atoms. The monoisotopic (exact) mass is 314 g/mol. The van der Waals surface area contributed by atoms with Crippen LogP contribution in [0.3, 0.4) is 0 Å². The van der Waals surface area contributed by atoms with Crippen molar-refractivity contribution in [3.8, 4) is 5.82 Å². The Balaban J connectivity index is 1.99. The molecule has 1 aromatic carbocycles. The van der Waals surface area contributed by atoms with Crippen LogP contribution in [0.5, 0.6) is 0 Å². The predicted octanol–water partition coefficient (Wildman–Crippen LogP) is 2.18. The molecule has 118 valence electrons. The second-order valence-electron chi connectivity index (χ2n) is 4.93. The second-order valence-corrected chi connectivity index (χ2v) is 4.93. The van der Waals surface area contributed by atoms with E-state index in [1.54, 1.807) is 15.3 Å². The molecular formula is C15H15FN6O. The van der Waals surface area contributed by atoms with Gasteiger partial charge in [-0.3, -0.25) is 14.0 Å². The molecule has 0 saturated carbocycles. The molecule has 23 heavy (non-hydrogen) atoms. The van der Waals surface area contributed by atoms with Gasteiger partial charge in [-0.25, -0.2) is 4.39 Å². The van der Waals surface area contributed by atoms with Gasteiger partial charge in [0.1, 0.15) is 24.2 Å². The summed E-state index contributed by atoms with van der Waals surface area (Å²) in [5, 5.41) is 14.8. The van der Waals surface area contributed by atoms with Gasteiger partial charge in [0.05, 0.1) is 5.69 Å². The van der Waals surface area contributed by atoms with Crippen LogP contribution in [-0.2, 0) is 6.54 Å². The van der Waals surface area contributed by atoms with Crippen LogP contribution in [0.15, 0.2) is 36.9 Å². The Morgan fingerprint density at radius 2 is 2.04 bits per heavy atom. The number of hydrogen-bond donors (Lipinski definition) is 1. The van der Waals surface area contributed by atoms with Crippen molar-refractivity contribution >= 4 is 11.6 Å². The van der Waals surface area contributed by atoms with Crippen molar-refractivity contribution in [1.82, 2.24) is 24.5 Å². The largest absolute Gasteiger partial charge is 0.317 e. The lowest BCUT2D eigenvalue weighted by atomic mass is 10.2. The van der Waals surface area contributed by atoms with Crippen LogP contribution in [0.1, 0.15) is 23.0 Å². The summed E-state index contributed by atoms with van der Waals surface area (Å²) in [5.41, 5.74) is 1.57. The lowest BCUT2D eigenvalue weighted by Crippen LogP contribution is -2.14. The maximum absolute atomic E-state index is 13.3. The van der Waals surface area contributed by atoms with E-state index >= 15 is 0 Å². The van der Waals surface area contributed by atoms with Crippen LogP contribution < -0.4 is 5.32 Å². The summed E-state index contributed by atoms with van der Waals surface area (Å²) in [6, 6.07) is 5.52. The highest BCUT2D eigenvalue weighted by Crippen LogP contribution is 2.24. The van der Waals surface area contributed by atoms with Gasteiger partial charge in [-0.2, -0.15) is 5.10 Å². The second kappa shape index (κ2) is 5.99. The number of nitrogens with zero attached hydrogens (tertiary/aromatic N) is 5. The Hall–Kier alpha value is -3.03. The lowest BCUT2D eigenvalue weighted by Gasteiger charge is -2.07. The minimum Gasteiger partial charge on any atom is -0.317 e. The first kappa shape index (κ1) is 14.9. The summed E-state index contributed by atoms with van der Waals surface area (Å²) < 4.78 is 16.7. The molecule has 0 aliphatic rings. The van der Waals surface area contributed by atoms with Gasteiger partial charge in [0.15, 0.2) is 5.82 Å². The molecule has 1 N–H and O–H groups in total. The number of carbonyl (C=O) groups is 1. The third-order valence-electron chi connectivity index (χ3n) is 3.48. The molecule has 0 radical (unpaired) electrons. The number of amides is 1. The van der Waals surface area contributed by atoms with Gasteiger partial charge < -0.3 is 5.32 Å². The third kappa shape index (κ3) is 2.83. The van der Waals surface area contributed by atoms with Gasteiger partial charge >= 0.3 is 0 Å². The normalized spacial score (nSPS) is 10.7. The summed E-state index contributed by atoms with van der Waals surface area (Å²) in [7, 11) is 0. The fraction of sp³-hybridized carbons (Fsp3) is 0.200. The van der Waals surface area contributed by atoms with E-state index in [1.165, 1.54) is 30.9 Å². The minimum absolute atomic E-state index is 0.239. The first-order chi connectivity index (χ1) is 11.1. The Morgan fingerprint density at radius 3 is 2.70 bits per heavy atom. The van der Waals surface area contributed by atoms with Crippen molar-refractivity contribution in [1.29, 1.82) is 0 Å². The zero-order valence-corrected chi connectivity index (χ0v) is 12.7. The van der Waals surface area contributed by atoms with Crippen LogP contribution in [0.4, 0.5) is 10.1 Å². The molecule has 0 aliphatic carbocycles. The van der Waals surface area contributed by atoms with Crippen molar-refractivity contribution in [3.05, 3.63) is 54.0 Å². The number of halogens is 1. The van der Waals surface area contributed by atoms with Gasteiger partial charge in [0, 0.05) is 12.1 Å². The van der Waals surface area contributed by atoms with Gasteiger partial charge in [-0.1, -0.05) is 6.07 Å². The van der Waals surface area contributed by atoms with Crippen LogP contribution >= 0.6 is 0 Å². The molecule has 0 bridgehead atoms. The van der Waals surface area contributed by atoms with Crippen LogP contribution in [0.2, 0.25) is 0 Å². The highest BCUT2D eigenvalue weighted by atomic mass is 19.1. The number of hydrogen-bond acceptors (Lipinski definition) is 4. The molecule has 0 saturated heterocycles. The van der Waals surface area contributed by atoms with E-state index in [9.17, 15) is 9.18 Å². The molecule has 3 rings (SSSR count). The first-order valence-electron chi connectivity index (χ1n) is 7.09. The number of aryl methyl sites for hydroxylation is 1. The summed E-state index contributed by atoms with van der Waals surface area (Å²) in [6.45, 7) is 4.45. The lowest BCUT2D eigenvalue weighted by molar-refractivity contribution is 0.102.